The number of benzene rings is 3. The number of hydrogen-bond acceptors (Lipinski definition) is 4. The minimum absolute atomic E-state index is 0.0830. The van der Waals surface area contributed by atoms with Crippen molar-refractivity contribution < 1.29 is 14.3 Å². The van der Waals surface area contributed by atoms with Gasteiger partial charge in [-0.2, -0.15) is 5.10 Å². The highest BCUT2D eigenvalue weighted by Crippen LogP contribution is 2.13. The number of hydrazone groups is 1. The lowest BCUT2D eigenvalue weighted by atomic mass is 10.1. The molecule has 3 aromatic carbocycles. The van der Waals surface area contributed by atoms with Gasteiger partial charge < -0.3 is 10.1 Å². The van der Waals surface area contributed by atoms with Crippen LogP contribution in [0, 0.1) is 0 Å². The Morgan fingerprint density at radius 1 is 1.03 bits per heavy atom. The molecule has 0 radical (unpaired) electrons. The average molecular weight is 436 g/mol. The van der Waals surface area contributed by atoms with Crippen molar-refractivity contribution in [3.05, 3.63) is 101 Å². The van der Waals surface area contributed by atoms with Crippen LogP contribution in [-0.4, -0.2) is 24.6 Å². The van der Waals surface area contributed by atoms with Gasteiger partial charge in [0.15, 0.2) is 6.61 Å². The van der Waals surface area contributed by atoms with E-state index in [0.717, 1.165) is 11.1 Å². The van der Waals surface area contributed by atoms with Gasteiger partial charge in [0.2, 0.25) is 0 Å². The van der Waals surface area contributed by atoms with Crippen LogP contribution in [0.5, 0.6) is 5.75 Å². The molecule has 0 saturated heterocycles. The zero-order valence-corrected chi connectivity index (χ0v) is 17.7. The van der Waals surface area contributed by atoms with E-state index in [0.29, 0.717) is 16.3 Å². The topological polar surface area (TPSA) is 79.8 Å². The molecule has 0 heterocycles. The van der Waals surface area contributed by atoms with Crippen molar-refractivity contribution in [2.75, 3.05) is 6.61 Å². The first-order valence-corrected chi connectivity index (χ1v) is 10.1. The second-order valence-corrected chi connectivity index (χ2v) is 7.20. The van der Waals surface area contributed by atoms with Gasteiger partial charge in [0.1, 0.15) is 5.75 Å². The first kappa shape index (κ1) is 22.1. The Labute approximate surface area is 185 Å². The van der Waals surface area contributed by atoms with E-state index in [1.54, 1.807) is 48.5 Å². The molecule has 0 spiro atoms. The SMILES string of the molecule is C[C@@H](NC(=O)COc1ccc(/C=N\NC(=O)c2cccc(Cl)c2)cc1)c1ccccc1. The van der Waals surface area contributed by atoms with E-state index >= 15 is 0 Å². The van der Waals surface area contributed by atoms with Crippen LogP contribution in [0.2, 0.25) is 5.02 Å². The summed E-state index contributed by atoms with van der Waals surface area (Å²) in [6.45, 7) is 1.84. The van der Waals surface area contributed by atoms with Crippen molar-refractivity contribution >= 4 is 29.6 Å². The van der Waals surface area contributed by atoms with Gasteiger partial charge in [0.25, 0.3) is 11.8 Å². The second kappa shape index (κ2) is 10.9. The van der Waals surface area contributed by atoms with E-state index in [4.69, 9.17) is 16.3 Å². The maximum atomic E-state index is 12.1. The second-order valence-electron chi connectivity index (χ2n) is 6.77. The third kappa shape index (κ3) is 6.97. The molecule has 0 aromatic heterocycles. The van der Waals surface area contributed by atoms with Crippen molar-refractivity contribution in [3.63, 3.8) is 0 Å². The smallest absolute Gasteiger partial charge is 0.271 e. The predicted octanol–water partition coefficient (Wildman–Crippen LogP) is 4.36. The van der Waals surface area contributed by atoms with Crippen molar-refractivity contribution in [2.24, 2.45) is 5.10 Å². The molecular formula is C24H22ClN3O3. The maximum Gasteiger partial charge on any atom is 0.271 e. The fraction of sp³-hybridized carbons (Fsp3) is 0.125. The van der Waals surface area contributed by atoms with Crippen LogP contribution in [0.4, 0.5) is 0 Å². The molecule has 3 rings (SSSR count). The highest BCUT2D eigenvalue weighted by molar-refractivity contribution is 6.30. The van der Waals surface area contributed by atoms with Crippen LogP contribution in [0.3, 0.4) is 0 Å². The first-order valence-electron chi connectivity index (χ1n) is 9.67. The van der Waals surface area contributed by atoms with Crippen LogP contribution in [-0.2, 0) is 4.79 Å². The van der Waals surface area contributed by atoms with Crippen molar-refractivity contribution in [2.45, 2.75) is 13.0 Å². The molecule has 2 amide bonds. The van der Waals surface area contributed by atoms with Gasteiger partial charge in [0, 0.05) is 10.6 Å². The summed E-state index contributed by atoms with van der Waals surface area (Å²) < 4.78 is 5.53. The average Bonchev–Trinajstić information content (AvgIpc) is 2.79. The van der Waals surface area contributed by atoms with Crippen molar-refractivity contribution in [1.82, 2.24) is 10.7 Å². The molecule has 31 heavy (non-hydrogen) atoms. The Morgan fingerprint density at radius 2 is 1.77 bits per heavy atom. The molecule has 0 aliphatic rings. The number of nitrogens with one attached hydrogen (secondary N) is 2. The van der Waals surface area contributed by atoms with Gasteiger partial charge in [-0.1, -0.05) is 48.0 Å². The fourth-order valence-corrected chi connectivity index (χ4v) is 2.96. The minimum Gasteiger partial charge on any atom is -0.484 e. The largest absolute Gasteiger partial charge is 0.484 e. The number of nitrogens with zero attached hydrogens (tertiary/aromatic N) is 1. The third-order valence-corrected chi connectivity index (χ3v) is 4.63. The molecule has 7 heteroatoms. The summed E-state index contributed by atoms with van der Waals surface area (Å²) in [5.41, 5.74) is 4.67. The van der Waals surface area contributed by atoms with E-state index in [1.807, 2.05) is 37.3 Å². The number of rotatable bonds is 8. The standard InChI is InChI=1S/C24H22ClN3O3/c1-17(19-6-3-2-4-7-19)27-23(29)16-31-22-12-10-18(11-13-22)15-26-28-24(30)20-8-5-9-21(25)14-20/h2-15,17H,16H2,1H3,(H,27,29)(H,28,30)/b26-15-/t17-/m1/s1. The number of ether oxygens (including phenoxy) is 1. The van der Waals surface area contributed by atoms with E-state index in [-0.39, 0.29) is 24.5 Å². The van der Waals surface area contributed by atoms with Gasteiger partial charge >= 0.3 is 0 Å². The Bertz CT molecular complexity index is 1050. The monoisotopic (exact) mass is 435 g/mol. The maximum absolute atomic E-state index is 12.1. The lowest BCUT2D eigenvalue weighted by molar-refractivity contribution is -0.123. The zero-order chi connectivity index (χ0) is 22.1. The number of carbonyl (C=O) groups is 2. The van der Waals surface area contributed by atoms with Gasteiger partial charge in [-0.05, 0) is 60.5 Å². The molecule has 158 valence electrons. The lowest BCUT2D eigenvalue weighted by Crippen LogP contribution is -2.31. The number of hydrogen-bond donors (Lipinski definition) is 2. The van der Waals surface area contributed by atoms with Crippen LogP contribution < -0.4 is 15.5 Å². The molecule has 2 N–H and O–H groups in total. The molecule has 0 unspecified atom stereocenters. The van der Waals surface area contributed by atoms with Crippen LogP contribution >= 0.6 is 11.6 Å². The molecular weight excluding hydrogens is 414 g/mol. The number of carbonyl (C=O) groups excluding carboxylic acids is 2. The highest BCUT2D eigenvalue weighted by atomic mass is 35.5. The molecule has 1 atom stereocenters. The Morgan fingerprint density at radius 3 is 2.48 bits per heavy atom. The summed E-state index contributed by atoms with van der Waals surface area (Å²) in [5.74, 6) is 0.00259. The quantitative estimate of drug-likeness (QED) is 0.407. The third-order valence-electron chi connectivity index (χ3n) is 4.39. The van der Waals surface area contributed by atoms with E-state index < -0.39 is 0 Å². The molecule has 0 fully saturated rings. The van der Waals surface area contributed by atoms with E-state index in [2.05, 4.69) is 15.8 Å². The van der Waals surface area contributed by atoms with E-state index in [1.165, 1.54) is 6.21 Å². The summed E-state index contributed by atoms with van der Waals surface area (Å²) in [4.78, 5) is 24.1. The summed E-state index contributed by atoms with van der Waals surface area (Å²) in [6.07, 6.45) is 1.51. The zero-order valence-electron chi connectivity index (χ0n) is 16.9. The number of halogens is 1. The minimum atomic E-state index is -0.352. The fourth-order valence-electron chi connectivity index (χ4n) is 2.77. The molecule has 0 aliphatic carbocycles. The van der Waals surface area contributed by atoms with Gasteiger partial charge in [-0.3, -0.25) is 9.59 Å². The summed E-state index contributed by atoms with van der Waals surface area (Å²) in [7, 11) is 0. The van der Waals surface area contributed by atoms with E-state index in [9.17, 15) is 9.59 Å². The normalized spacial score (nSPS) is 11.7. The molecule has 3 aromatic rings. The Balaban J connectivity index is 1.45. The van der Waals surface area contributed by atoms with Crippen LogP contribution in [0.1, 0.15) is 34.5 Å². The highest BCUT2D eigenvalue weighted by Gasteiger charge is 2.09. The van der Waals surface area contributed by atoms with Gasteiger partial charge in [0.05, 0.1) is 12.3 Å². The molecule has 0 bridgehead atoms. The summed E-state index contributed by atoms with van der Waals surface area (Å²) >= 11 is 5.88. The first-order chi connectivity index (χ1) is 15.0. The van der Waals surface area contributed by atoms with Gasteiger partial charge in [-0.15, -0.1) is 0 Å². The lowest BCUT2D eigenvalue weighted by Gasteiger charge is -2.14. The Hall–Kier alpha value is -3.64. The molecule has 6 nitrogen and oxygen atoms in total. The van der Waals surface area contributed by atoms with Crippen molar-refractivity contribution in [3.8, 4) is 5.75 Å². The molecule has 0 saturated carbocycles. The molecule has 0 aliphatic heterocycles. The van der Waals surface area contributed by atoms with Crippen LogP contribution in [0.15, 0.2) is 84.0 Å². The Kier molecular flexibility index (Phi) is 7.79. The van der Waals surface area contributed by atoms with Gasteiger partial charge in [-0.25, -0.2) is 5.43 Å². The number of amides is 2. The predicted molar refractivity (Wildman–Crippen MR) is 121 cm³/mol. The van der Waals surface area contributed by atoms with Crippen molar-refractivity contribution in [1.29, 1.82) is 0 Å². The summed E-state index contributed by atoms with van der Waals surface area (Å²) in [5, 5.41) is 7.32. The summed E-state index contributed by atoms with van der Waals surface area (Å²) in [6, 6.07) is 23.2. The van der Waals surface area contributed by atoms with Crippen LogP contribution in [0.25, 0.3) is 0 Å².